The van der Waals surface area contributed by atoms with Gasteiger partial charge in [-0.25, -0.2) is 4.98 Å². The van der Waals surface area contributed by atoms with Crippen molar-refractivity contribution in [2.24, 2.45) is 5.41 Å². The quantitative estimate of drug-likeness (QED) is 0.788. The smallest absolute Gasteiger partial charge is 0.225 e. The highest BCUT2D eigenvalue weighted by atomic mass is 16.2. The minimum Gasteiger partial charge on any atom is -0.371 e. The Labute approximate surface area is 174 Å². The molecule has 5 nitrogen and oxygen atoms in total. The van der Waals surface area contributed by atoms with Gasteiger partial charge in [0.1, 0.15) is 5.82 Å². The lowest BCUT2D eigenvalue weighted by molar-refractivity contribution is -0.129. The molecule has 0 radical (unpaired) electrons. The number of nitrogens with one attached hydrogen (secondary N) is 2. The maximum Gasteiger partial charge on any atom is 0.225 e. The Balaban J connectivity index is 1.59. The molecule has 5 heteroatoms. The monoisotopic (exact) mass is 394 g/mol. The third-order valence-electron chi connectivity index (χ3n) is 6.24. The summed E-state index contributed by atoms with van der Waals surface area (Å²) in [6.07, 6.45) is 6.93. The molecule has 4 rings (SSSR count). The summed E-state index contributed by atoms with van der Waals surface area (Å²) in [4.78, 5) is 20.0. The van der Waals surface area contributed by atoms with Crippen LogP contribution in [0, 0.1) is 5.41 Å². The van der Waals surface area contributed by atoms with Crippen molar-refractivity contribution in [3.8, 4) is 0 Å². The van der Waals surface area contributed by atoms with E-state index in [-0.39, 0.29) is 23.4 Å². The Hall–Kier alpha value is -2.30. The lowest BCUT2D eigenvalue weighted by Gasteiger charge is -2.35. The fourth-order valence-electron chi connectivity index (χ4n) is 4.50. The predicted octanol–water partition coefficient (Wildman–Crippen LogP) is 4.72. The molecule has 2 N–H and O–H groups in total. The fourth-order valence-corrected chi connectivity index (χ4v) is 4.50. The van der Waals surface area contributed by atoms with Crippen molar-refractivity contribution in [2.75, 3.05) is 23.3 Å². The summed E-state index contributed by atoms with van der Waals surface area (Å²) >= 11 is 0. The zero-order valence-electron chi connectivity index (χ0n) is 18.0. The van der Waals surface area contributed by atoms with E-state index in [1.54, 1.807) is 0 Å². The van der Waals surface area contributed by atoms with Gasteiger partial charge in [0.25, 0.3) is 0 Å². The Morgan fingerprint density at radius 3 is 2.45 bits per heavy atom. The summed E-state index contributed by atoms with van der Waals surface area (Å²) < 4.78 is 0. The molecule has 1 amide bonds. The minimum absolute atomic E-state index is 0.125. The van der Waals surface area contributed by atoms with E-state index < -0.39 is 0 Å². The number of nitrogens with zero attached hydrogens (tertiary/aromatic N) is 2. The van der Waals surface area contributed by atoms with Crippen molar-refractivity contribution in [1.29, 1.82) is 0 Å². The topological polar surface area (TPSA) is 57.3 Å². The second kappa shape index (κ2) is 8.21. The number of anilines is 2. The molecule has 1 saturated heterocycles. The first-order valence-corrected chi connectivity index (χ1v) is 11.1. The number of carbonyl (C=O) groups excluding carboxylic acids is 1. The van der Waals surface area contributed by atoms with Crippen molar-refractivity contribution >= 4 is 28.3 Å². The minimum atomic E-state index is -0.369. The summed E-state index contributed by atoms with van der Waals surface area (Å²) in [5.41, 5.74) is 1.94. The summed E-state index contributed by atoms with van der Waals surface area (Å²) in [5.74, 6) is 1.05. The molecule has 2 aromatic rings. The first-order valence-electron chi connectivity index (χ1n) is 11.1. The molecule has 2 atom stereocenters. The fraction of sp³-hybridized carbons (Fsp3) is 0.583. The number of hydrogen-bond acceptors (Lipinski definition) is 4. The number of fused-ring (bicyclic) bond motifs is 1. The van der Waals surface area contributed by atoms with E-state index in [4.69, 9.17) is 4.98 Å². The van der Waals surface area contributed by atoms with Gasteiger partial charge in [-0.15, -0.1) is 0 Å². The van der Waals surface area contributed by atoms with E-state index in [2.05, 4.69) is 45.9 Å². The molecular formula is C24H34N4O. The van der Waals surface area contributed by atoms with E-state index in [0.29, 0.717) is 0 Å². The van der Waals surface area contributed by atoms with Gasteiger partial charge in [-0.3, -0.25) is 4.79 Å². The van der Waals surface area contributed by atoms with Crippen LogP contribution in [-0.2, 0) is 4.79 Å². The molecule has 2 fully saturated rings. The third kappa shape index (κ3) is 4.49. The van der Waals surface area contributed by atoms with Gasteiger partial charge in [-0.05, 0) is 31.7 Å². The SMILES string of the molecule is CC(C)(C)C(=O)N[C@@H]1CCCC[C@H]1Nc1cc(N2CCCC2)c2ccccc2n1. The Morgan fingerprint density at radius 1 is 1.03 bits per heavy atom. The highest BCUT2D eigenvalue weighted by molar-refractivity contribution is 5.93. The molecular weight excluding hydrogens is 360 g/mol. The molecule has 1 aliphatic heterocycles. The number of pyridine rings is 1. The van der Waals surface area contributed by atoms with Crippen LogP contribution in [0.25, 0.3) is 10.9 Å². The second-order valence-electron chi connectivity index (χ2n) is 9.60. The van der Waals surface area contributed by atoms with Crippen LogP contribution < -0.4 is 15.5 Å². The van der Waals surface area contributed by atoms with Crippen molar-refractivity contribution < 1.29 is 4.79 Å². The van der Waals surface area contributed by atoms with Crippen LogP contribution in [0.2, 0.25) is 0 Å². The van der Waals surface area contributed by atoms with Crippen LogP contribution in [0.4, 0.5) is 11.5 Å². The van der Waals surface area contributed by atoms with Crippen molar-refractivity contribution in [1.82, 2.24) is 10.3 Å². The molecule has 1 aliphatic carbocycles. The summed E-state index contributed by atoms with van der Waals surface area (Å²) in [6, 6.07) is 11.0. The van der Waals surface area contributed by atoms with Gasteiger partial charge in [0, 0.05) is 47.7 Å². The summed E-state index contributed by atoms with van der Waals surface area (Å²) in [7, 11) is 0. The van der Waals surface area contributed by atoms with E-state index in [0.717, 1.165) is 43.7 Å². The number of benzene rings is 1. The zero-order valence-corrected chi connectivity index (χ0v) is 18.0. The molecule has 0 unspecified atom stereocenters. The van der Waals surface area contributed by atoms with E-state index in [1.165, 1.54) is 30.3 Å². The Bertz CT molecular complexity index is 867. The van der Waals surface area contributed by atoms with Crippen LogP contribution in [0.1, 0.15) is 59.3 Å². The second-order valence-corrected chi connectivity index (χ2v) is 9.60. The summed E-state index contributed by atoms with van der Waals surface area (Å²) in [5, 5.41) is 8.21. The van der Waals surface area contributed by atoms with Gasteiger partial charge >= 0.3 is 0 Å². The molecule has 0 bridgehead atoms. The number of carbonyl (C=O) groups is 1. The van der Waals surface area contributed by atoms with Gasteiger partial charge in [0.2, 0.25) is 5.91 Å². The van der Waals surface area contributed by atoms with Crippen LogP contribution in [0.5, 0.6) is 0 Å². The number of aromatic nitrogens is 1. The predicted molar refractivity (Wildman–Crippen MR) is 120 cm³/mol. The van der Waals surface area contributed by atoms with Crippen LogP contribution in [0.3, 0.4) is 0 Å². The molecule has 1 saturated carbocycles. The van der Waals surface area contributed by atoms with Crippen molar-refractivity contribution in [3.05, 3.63) is 30.3 Å². The number of amides is 1. The van der Waals surface area contributed by atoms with Crippen LogP contribution >= 0.6 is 0 Å². The van der Waals surface area contributed by atoms with E-state index >= 15 is 0 Å². The average Bonchev–Trinajstić information content (AvgIpc) is 3.23. The highest BCUT2D eigenvalue weighted by Gasteiger charge is 2.30. The first kappa shape index (κ1) is 20.0. The van der Waals surface area contributed by atoms with Crippen molar-refractivity contribution in [3.63, 3.8) is 0 Å². The molecule has 1 aromatic carbocycles. The first-order chi connectivity index (χ1) is 13.9. The molecule has 1 aromatic heterocycles. The number of hydrogen-bond donors (Lipinski definition) is 2. The Kier molecular flexibility index (Phi) is 5.66. The average molecular weight is 395 g/mol. The maximum atomic E-state index is 12.6. The maximum absolute atomic E-state index is 12.6. The van der Waals surface area contributed by atoms with Gasteiger partial charge in [-0.2, -0.15) is 0 Å². The van der Waals surface area contributed by atoms with Crippen LogP contribution in [0.15, 0.2) is 30.3 Å². The normalized spacial score (nSPS) is 22.7. The molecule has 0 spiro atoms. The molecule has 29 heavy (non-hydrogen) atoms. The Morgan fingerprint density at radius 2 is 1.72 bits per heavy atom. The van der Waals surface area contributed by atoms with E-state index in [9.17, 15) is 4.79 Å². The largest absolute Gasteiger partial charge is 0.371 e. The summed E-state index contributed by atoms with van der Waals surface area (Å²) in [6.45, 7) is 8.14. The highest BCUT2D eigenvalue weighted by Crippen LogP contribution is 2.32. The lowest BCUT2D eigenvalue weighted by Crippen LogP contribution is -2.51. The third-order valence-corrected chi connectivity index (χ3v) is 6.24. The number of rotatable bonds is 4. The van der Waals surface area contributed by atoms with Crippen LogP contribution in [-0.4, -0.2) is 36.1 Å². The molecule has 156 valence electrons. The van der Waals surface area contributed by atoms with Gasteiger partial charge in [0.15, 0.2) is 0 Å². The number of para-hydroxylation sites is 1. The standard InChI is InChI=1S/C24H34N4O/c1-24(2,3)23(29)27-20-13-7-6-12-19(20)26-22-16-21(28-14-8-9-15-28)17-10-4-5-11-18(17)25-22/h4-5,10-11,16,19-20H,6-9,12-15H2,1-3H3,(H,25,26)(H,27,29)/t19-,20-/m1/s1. The lowest BCUT2D eigenvalue weighted by atomic mass is 9.88. The zero-order chi connectivity index (χ0) is 20.4. The molecule has 2 heterocycles. The van der Waals surface area contributed by atoms with Gasteiger partial charge in [0.05, 0.1) is 5.52 Å². The van der Waals surface area contributed by atoms with E-state index in [1.807, 2.05) is 20.8 Å². The molecule has 2 aliphatic rings. The van der Waals surface area contributed by atoms with Gasteiger partial charge < -0.3 is 15.5 Å². The van der Waals surface area contributed by atoms with Gasteiger partial charge in [-0.1, -0.05) is 51.8 Å². The van der Waals surface area contributed by atoms with Crippen molar-refractivity contribution in [2.45, 2.75) is 71.4 Å².